The lowest BCUT2D eigenvalue weighted by atomic mass is 9.98. The van der Waals surface area contributed by atoms with E-state index in [2.05, 4.69) is 15.9 Å². The molecule has 0 aliphatic carbocycles. The van der Waals surface area contributed by atoms with E-state index >= 15 is 0 Å². The van der Waals surface area contributed by atoms with Gasteiger partial charge in [-0.3, -0.25) is 0 Å². The van der Waals surface area contributed by atoms with E-state index in [0.29, 0.717) is 21.5 Å². The van der Waals surface area contributed by atoms with E-state index in [0.717, 1.165) is 15.6 Å². The summed E-state index contributed by atoms with van der Waals surface area (Å²) in [6.07, 6.45) is 0. The van der Waals surface area contributed by atoms with Gasteiger partial charge < -0.3 is 15.2 Å². The summed E-state index contributed by atoms with van der Waals surface area (Å²) in [7, 11) is 3.18. The second kappa shape index (κ2) is 6.88. The molecular weight excluding hydrogens is 377 g/mol. The molecule has 1 atom stereocenters. The van der Waals surface area contributed by atoms with Crippen molar-refractivity contribution in [3.8, 4) is 11.5 Å². The minimum Gasteiger partial charge on any atom is -0.496 e. The zero-order valence-corrected chi connectivity index (χ0v) is 14.6. The Morgan fingerprint density at radius 3 is 2.33 bits per heavy atom. The maximum absolute atomic E-state index is 6.34. The van der Waals surface area contributed by atoms with Crippen molar-refractivity contribution in [3.63, 3.8) is 0 Å². The molecule has 2 rings (SSSR count). The Morgan fingerprint density at radius 1 is 1.05 bits per heavy atom. The SMILES string of the molecule is COc1cc(C(N)c2cccc(Cl)c2Cl)c(OC)cc1Br. The molecule has 6 heteroatoms. The Morgan fingerprint density at radius 2 is 1.71 bits per heavy atom. The van der Waals surface area contributed by atoms with Gasteiger partial charge in [0.25, 0.3) is 0 Å². The van der Waals surface area contributed by atoms with E-state index in [1.807, 2.05) is 24.3 Å². The predicted octanol–water partition coefficient (Wildman–Crippen LogP) is 4.82. The zero-order valence-electron chi connectivity index (χ0n) is 11.5. The number of rotatable bonds is 4. The largest absolute Gasteiger partial charge is 0.496 e. The van der Waals surface area contributed by atoms with E-state index < -0.39 is 6.04 Å². The van der Waals surface area contributed by atoms with Crippen LogP contribution in [0.25, 0.3) is 0 Å². The first-order valence-corrected chi connectivity index (χ1v) is 7.65. The molecule has 0 bridgehead atoms. The molecule has 0 aliphatic rings. The highest BCUT2D eigenvalue weighted by molar-refractivity contribution is 9.10. The van der Waals surface area contributed by atoms with Crippen LogP contribution in [0.3, 0.4) is 0 Å². The Hall–Kier alpha value is -0.940. The van der Waals surface area contributed by atoms with Gasteiger partial charge in [0.15, 0.2) is 0 Å². The Balaban J connectivity index is 2.56. The minimum atomic E-state index is -0.479. The average Bonchev–Trinajstić information content (AvgIpc) is 2.49. The normalized spacial score (nSPS) is 12.1. The van der Waals surface area contributed by atoms with Gasteiger partial charge in [-0.2, -0.15) is 0 Å². The summed E-state index contributed by atoms with van der Waals surface area (Å²) in [5.41, 5.74) is 7.84. The van der Waals surface area contributed by atoms with Crippen LogP contribution in [-0.2, 0) is 0 Å². The quantitative estimate of drug-likeness (QED) is 0.813. The minimum absolute atomic E-state index is 0.440. The third-order valence-electron chi connectivity index (χ3n) is 3.16. The fraction of sp³-hybridized carbons (Fsp3) is 0.200. The molecule has 0 amide bonds. The summed E-state index contributed by atoms with van der Waals surface area (Å²) in [6.45, 7) is 0. The first-order chi connectivity index (χ1) is 9.99. The van der Waals surface area contributed by atoms with Gasteiger partial charge in [0.1, 0.15) is 11.5 Å². The fourth-order valence-electron chi connectivity index (χ4n) is 2.06. The molecule has 3 nitrogen and oxygen atoms in total. The van der Waals surface area contributed by atoms with Crippen LogP contribution in [-0.4, -0.2) is 14.2 Å². The van der Waals surface area contributed by atoms with E-state index in [4.69, 9.17) is 38.4 Å². The highest BCUT2D eigenvalue weighted by atomic mass is 79.9. The zero-order chi connectivity index (χ0) is 15.6. The highest BCUT2D eigenvalue weighted by Gasteiger charge is 2.20. The molecule has 0 fully saturated rings. The molecule has 0 aromatic heterocycles. The van der Waals surface area contributed by atoms with E-state index in [1.165, 1.54) is 0 Å². The van der Waals surface area contributed by atoms with Crippen LogP contribution in [0.1, 0.15) is 17.2 Å². The molecule has 0 aliphatic heterocycles. The number of ether oxygens (including phenoxy) is 2. The van der Waals surface area contributed by atoms with Crippen molar-refractivity contribution >= 4 is 39.1 Å². The molecule has 2 aromatic rings. The molecule has 0 radical (unpaired) electrons. The van der Waals surface area contributed by atoms with Crippen LogP contribution < -0.4 is 15.2 Å². The Bertz CT molecular complexity index is 664. The molecule has 112 valence electrons. The van der Waals surface area contributed by atoms with Crippen LogP contribution in [0.2, 0.25) is 10.0 Å². The molecule has 2 aromatic carbocycles. The van der Waals surface area contributed by atoms with Gasteiger partial charge in [-0.15, -0.1) is 0 Å². The topological polar surface area (TPSA) is 44.5 Å². The third-order valence-corrected chi connectivity index (χ3v) is 4.61. The standard InChI is InChI=1S/C15H14BrCl2NO2/c1-20-12-7-10(16)13(21-2)6-9(12)15(19)8-4-3-5-11(17)14(8)18/h3-7,15H,19H2,1-2H3. The number of hydrogen-bond donors (Lipinski definition) is 1. The van der Waals surface area contributed by atoms with Crippen molar-refractivity contribution in [2.24, 2.45) is 5.73 Å². The number of nitrogens with two attached hydrogens (primary N) is 1. The van der Waals surface area contributed by atoms with Crippen molar-refractivity contribution < 1.29 is 9.47 Å². The highest BCUT2D eigenvalue weighted by Crippen LogP contribution is 2.39. The second-order valence-corrected chi connectivity index (χ2v) is 5.99. The summed E-state index contributed by atoms with van der Waals surface area (Å²) >= 11 is 15.7. The lowest BCUT2D eigenvalue weighted by Gasteiger charge is -2.19. The first kappa shape index (κ1) is 16.4. The van der Waals surface area contributed by atoms with Gasteiger partial charge in [-0.1, -0.05) is 35.3 Å². The van der Waals surface area contributed by atoms with Gasteiger partial charge in [-0.05, 0) is 39.7 Å². The summed E-state index contributed by atoms with van der Waals surface area (Å²) in [5.74, 6) is 1.31. The molecular formula is C15H14BrCl2NO2. The smallest absolute Gasteiger partial charge is 0.133 e. The maximum atomic E-state index is 6.34. The van der Waals surface area contributed by atoms with Crippen LogP contribution in [0.4, 0.5) is 0 Å². The van der Waals surface area contributed by atoms with E-state index in [-0.39, 0.29) is 0 Å². The van der Waals surface area contributed by atoms with Gasteiger partial charge in [0.05, 0.1) is 34.8 Å². The van der Waals surface area contributed by atoms with Crippen molar-refractivity contribution in [1.29, 1.82) is 0 Å². The number of halogens is 3. The average molecular weight is 391 g/mol. The van der Waals surface area contributed by atoms with E-state index in [9.17, 15) is 0 Å². The Kier molecular flexibility index (Phi) is 5.38. The molecule has 0 heterocycles. The summed E-state index contributed by atoms with van der Waals surface area (Å²) in [5, 5.41) is 0.906. The Labute approximate surface area is 142 Å². The molecule has 2 N–H and O–H groups in total. The molecule has 0 saturated heterocycles. The van der Waals surface area contributed by atoms with Crippen molar-refractivity contribution in [2.75, 3.05) is 14.2 Å². The van der Waals surface area contributed by atoms with Gasteiger partial charge >= 0.3 is 0 Å². The van der Waals surface area contributed by atoms with Crippen LogP contribution in [0.5, 0.6) is 11.5 Å². The monoisotopic (exact) mass is 389 g/mol. The van der Waals surface area contributed by atoms with Crippen molar-refractivity contribution in [3.05, 3.63) is 56.0 Å². The third kappa shape index (κ3) is 3.29. The van der Waals surface area contributed by atoms with Crippen molar-refractivity contribution in [2.45, 2.75) is 6.04 Å². The lowest BCUT2D eigenvalue weighted by molar-refractivity contribution is 0.395. The molecule has 0 spiro atoms. The lowest BCUT2D eigenvalue weighted by Crippen LogP contribution is -2.14. The van der Waals surface area contributed by atoms with E-state index in [1.54, 1.807) is 20.3 Å². The number of hydrogen-bond acceptors (Lipinski definition) is 3. The summed E-state index contributed by atoms with van der Waals surface area (Å²) in [4.78, 5) is 0. The summed E-state index contributed by atoms with van der Waals surface area (Å²) in [6, 6.07) is 8.53. The number of methoxy groups -OCH3 is 2. The van der Waals surface area contributed by atoms with Crippen LogP contribution >= 0.6 is 39.1 Å². The molecule has 21 heavy (non-hydrogen) atoms. The molecule has 0 saturated carbocycles. The van der Waals surface area contributed by atoms with Crippen molar-refractivity contribution in [1.82, 2.24) is 0 Å². The van der Waals surface area contributed by atoms with Crippen LogP contribution in [0, 0.1) is 0 Å². The van der Waals surface area contributed by atoms with Gasteiger partial charge in [0.2, 0.25) is 0 Å². The fourth-order valence-corrected chi connectivity index (χ4v) is 2.96. The first-order valence-electron chi connectivity index (χ1n) is 6.10. The second-order valence-electron chi connectivity index (χ2n) is 4.35. The van der Waals surface area contributed by atoms with Crippen LogP contribution in [0.15, 0.2) is 34.8 Å². The van der Waals surface area contributed by atoms with Gasteiger partial charge in [-0.25, -0.2) is 0 Å². The maximum Gasteiger partial charge on any atom is 0.133 e. The van der Waals surface area contributed by atoms with Gasteiger partial charge in [0, 0.05) is 5.56 Å². The molecule has 1 unspecified atom stereocenters. The summed E-state index contributed by atoms with van der Waals surface area (Å²) < 4.78 is 11.5. The predicted molar refractivity (Wildman–Crippen MR) is 89.7 cm³/mol. The number of benzene rings is 2.